The van der Waals surface area contributed by atoms with Crippen molar-refractivity contribution in [2.75, 3.05) is 18.9 Å². The van der Waals surface area contributed by atoms with Gasteiger partial charge >= 0.3 is 0 Å². The molecule has 72 valence electrons. The summed E-state index contributed by atoms with van der Waals surface area (Å²) in [5, 5.41) is 5.48. The summed E-state index contributed by atoms with van der Waals surface area (Å²) in [5.74, 6) is 2.47. The Morgan fingerprint density at radius 1 is 1.57 bits per heavy atom. The normalized spacial score (nSPS) is 8.86. The van der Waals surface area contributed by atoms with Crippen LogP contribution in [0.1, 0.15) is 5.56 Å². The van der Waals surface area contributed by atoms with Crippen LogP contribution in [0.4, 0.5) is 5.69 Å². The predicted octanol–water partition coefficient (Wildman–Crippen LogP) is 0.826. The van der Waals surface area contributed by atoms with Crippen LogP contribution in [-0.4, -0.2) is 19.5 Å². The Morgan fingerprint density at radius 2 is 2.36 bits per heavy atom. The van der Waals surface area contributed by atoms with E-state index >= 15 is 0 Å². The maximum atomic E-state index is 10.9. The van der Waals surface area contributed by atoms with E-state index in [9.17, 15) is 4.79 Å². The van der Waals surface area contributed by atoms with Crippen LogP contribution in [0.3, 0.4) is 0 Å². The van der Waals surface area contributed by atoms with E-state index in [0.29, 0.717) is 0 Å². The molecule has 0 heterocycles. The molecule has 1 rings (SSSR count). The summed E-state index contributed by atoms with van der Waals surface area (Å²) in [6.45, 7) is 0.254. The van der Waals surface area contributed by atoms with E-state index < -0.39 is 0 Å². The van der Waals surface area contributed by atoms with Crippen LogP contribution in [0.5, 0.6) is 0 Å². The van der Waals surface area contributed by atoms with Gasteiger partial charge < -0.3 is 10.6 Å². The van der Waals surface area contributed by atoms with Crippen molar-refractivity contribution in [3.8, 4) is 12.3 Å². The average Bonchev–Trinajstić information content (AvgIpc) is 2.26. The van der Waals surface area contributed by atoms with Crippen molar-refractivity contribution >= 4 is 11.6 Å². The fraction of sp³-hybridized carbons (Fsp3) is 0.182. The first-order valence-corrected chi connectivity index (χ1v) is 4.27. The molecule has 0 aromatic heterocycles. The van der Waals surface area contributed by atoms with Crippen LogP contribution in [0.15, 0.2) is 24.3 Å². The summed E-state index contributed by atoms with van der Waals surface area (Å²) in [4.78, 5) is 10.9. The van der Waals surface area contributed by atoms with Crippen molar-refractivity contribution in [2.45, 2.75) is 0 Å². The number of anilines is 1. The topological polar surface area (TPSA) is 41.1 Å². The molecule has 3 heteroatoms. The van der Waals surface area contributed by atoms with Gasteiger partial charge in [0.25, 0.3) is 0 Å². The number of nitrogens with one attached hydrogen (secondary N) is 2. The quantitative estimate of drug-likeness (QED) is 0.690. The Labute approximate surface area is 83.5 Å². The molecule has 0 saturated carbocycles. The van der Waals surface area contributed by atoms with Gasteiger partial charge in [0.05, 0.1) is 6.54 Å². The van der Waals surface area contributed by atoms with Crippen molar-refractivity contribution in [1.82, 2.24) is 5.32 Å². The lowest BCUT2D eigenvalue weighted by molar-refractivity contribution is -0.118. The highest BCUT2D eigenvalue weighted by atomic mass is 16.1. The van der Waals surface area contributed by atoms with Crippen LogP contribution in [0.25, 0.3) is 0 Å². The number of likely N-dealkylation sites (N-methyl/N-ethyl adjacent to an activating group) is 1. The van der Waals surface area contributed by atoms with E-state index in [1.165, 1.54) is 0 Å². The minimum atomic E-state index is -0.0592. The Kier molecular flexibility index (Phi) is 3.57. The van der Waals surface area contributed by atoms with Crippen molar-refractivity contribution in [2.24, 2.45) is 0 Å². The minimum Gasteiger partial charge on any atom is -0.376 e. The Morgan fingerprint density at radius 3 is 3.00 bits per heavy atom. The zero-order valence-corrected chi connectivity index (χ0v) is 8.00. The standard InChI is InChI=1S/C11H12N2O/c1-3-9-5-4-6-10(7-9)13-8-11(14)12-2/h1,4-7,13H,8H2,2H3,(H,12,14). The van der Waals surface area contributed by atoms with Crippen LogP contribution < -0.4 is 10.6 Å². The average molecular weight is 188 g/mol. The van der Waals surface area contributed by atoms with Crippen LogP contribution in [0.2, 0.25) is 0 Å². The minimum absolute atomic E-state index is 0.0592. The van der Waals surface area contributed by atoms with Gasteiger partial charge in [-0.15, -0.1) is 6.42 Å². The number of benzene rings is 1. The lowest BCUT2D eigenvalue weighted by Crippen LogP contribution is -2.26. The van der Waals surface area contributed by atoms with E-state index in [0.717, 1.165) is 11.3 Å². The van der Waals surface area contributed by atoms with Gasteiger partial charge in [0, 0.05) is 18.3 Å². The monoisotopic (exact) mass is 188 g/mol. The molecule has 2 N–H and O–H groups in total. The Hall–Kier alpha value is -1.95. The van der Waals surface area contributed by atoms with E-state index in [1.54, 1.807) is 7.05 Å². The zero-order chi connectivity index (χ0) is 10.4. The fourth-order valence-electron chi connectivity index (χ4n) is 0.990. The third kappa shape index (κ3) is 2.83. The van der Waals surface area contributed by atoms with Gasteiger partial charge in [-0.2, -0.15) is 0 Å². The third-order valence-electron chi connectivity index (χ3n) is 1.76. The van der Waals surface area contributed by atoms with Crippen molar-refractivity contribution in [3.63, 3.8) is 0 Å². The largest absolute Gasteiger partial charge is 0.376 e. The Balaban J connectivity index is 2.60. The number of hydrogen-bond donors (Lipinski definition) is 2. The van der Waals surface area contributed by atoms with Gasteiger partial charge in [0.1, 0.15) is 0 Å². The van der Waals surface area contributed by atoms with E-state index in [2.05, 4.69) is 16.6 Å². The summed E-state index contributed by atoms with van der Waals surface area (Å²) in [6.07, 6.45) is 5.24. The smallest absolute Gasteiger partial charge is 0.239 e. The molecule has 3 nitrogen and oxygen atoms in total. The molecule has 0 aliphatic carbocycles. The molecule has 0 radical (unpaired) electrons. The highest BCUT2D eigenvalue weighted by Gasteiger charge is 1.97. The Bertz CT molecular complexity index is 366. The second-order valence-electron chi connectivity index (χ2n) is 2.75. The molecule has 1 aromatic rings. The summed E-state index contributed by atoms with van der Waals surface area (Å²) in [6, 6.07) is 7.37. The lowest BCUT2D eigenvalue weighted by atomic mass is 10.2. The SMILES string of the molecule is C#Cc1cccc(NCC(=O)NC)c1. The highest BCUT2D eigenvalue weighted by molar-refractivity contribution is 5.80. The molecule has 0 spiro atoms. The van der Waals surface area contributed by atoms with Gasteiger partial charge in [-0.3, -0.25) is 4.79 Å². The molecule has 0 fully saturated rings. The summed E-state index contributed by atoms with van der Waals surface area (Å²) < 4.78 is 0. The molecule has 0 bridgehead atoms. The second-order valence-corrected chi connectivity index (χ2v) is 2.75. The number of carbonyl (C=O) groups excluding carboxylic acids is 1. The number of rotatable bonds is 3. The molecule has 0 atom stereocenters. The lowest BCUT2D eigenvalue weighted by Gasteiger charge is -2.05. The van der Waals surface area contributed by atoms with Crippen LogP contribution >= 0.6 is 0 Å². The summed E-state index contributed by atoms with van der Waals surface area (Å²) in [5.41, 5.74) is 1.65. The summed E-state index contributed by atoms with van der Waals surface area (Å²) in [7, 11) is 1.60. The number of hydrogen-bond acceptors (Lipinski definition) is 2. The van der Waals surface area contributed by atoms with Crippen molar-refractivity contribution in [1.29, 1.82) is 0 Å². The molecule has 0 unspecified atom stereocenters. The van der Waals surface area contributed by atoms with Gasteiger partial charge in [-0.25, -0.2) is 0 Å². The van der Waals surface area contributed by atoms with E-state index in [1.807, 2.05) is 24.3 Å². The number of carbonyl (C=O) groups is 1. The maximum Gasteiger partial charge on any atom is 0.239 e. The summed E-state index contributed by atoms with van der Waals surface area (Å²) >= 11 is 0. The molecule has 14 heavy (non-hydrogen) atoms. The molecule has 1 amide bonds. The van der Waals surface area contributed by atoms with E-state index in [4.69, 9.17) is 6.42 Å². The zero-order valence-electron chi connectivity index (χ0n) is 8.00. The first-order chi connectivity index (χ1) is 6.76. The first kappa shape index (κ1) is 10.1. The van der Waals surface area contributed by atoms with Crippen LogP contribution in [0, 0.1) is 12.3 Å². The van der Waals surface area contributed by atoms with Gasteiger partial charge in [0.2, 0.25) is 5.91 Å². The molecule has 0 aliphatic rings. The molecular formula is C11H12N2O. The molecule has 0 aliphatic heterocycles. The predicted molar refractivity (Wildman–Crippen MR) is 56.9 cm³/mol. The van der Waals surface area contributed by atoms with Crippen LogP contribution in [-0.2, 0) is 4.79 Å². The number of amides is 1. The molecule has 0 saturated heterocycles. The van der Waals surface area contributed by atoms with Gasteiger partial charge in [-0.1, -0.05) is 12.0 Å². The first-order valence-electron chi connectivity index (χ1n) is 4.27. The van der Waals surface area contributed by atoms with Crippen molar-refractivity contribution in [3.05, 3.63) is 29.8 Å². The maximum absolute atomic E-state index is 10.9. The molecular weight excluding hydrogens is 176 g/mol. The van der Waals surface area contributed by atoms with E-state index in [-0.39, 0.29) is 12.5 Å². The number of terminal acetylenes is 1. The van der Waals surface area contributed by atoms with Crippen molar-refractivity contribution < 1.29 is 4.79 Å². The fourth-order valence-corrected chi connectivity index (χ4v) is 0.990. The van der Waals surface area contributed by atoms with Gasteiger partial charge in [0.15, 0.2) is 0 Å². The molecule has 1 aromatic carbocycles. The third-order valence-corrected chi connectivity index (χ3v) is 1.76. The second kappa shape index (κ2) is 4.93. The highest BCUT2D eigenvalue weighted by Crippen LogP contribution is 2.08. The van der Waals surface area contributed by atoms with Gasteiger partial charge in [-0.05, 0) is 18.2 Å².